The van der Waals surface area contributed by atoms with E-state index >= 15 is 0 Å². The molecule has 0 saturated heterocycles. The number of carbonyl (C=O) groups excluding carboxylic acids is 1. The first kappa shape index (κ1) is 13.1. The van der Waals surface area contributed by atoms with Gasteiger partial charge in [-0.1, -0.05) is 0 Å². The van der Waals surface area contributed by atoms with Crippen LogP contribution in [0.4, 0.5) is 13.2 Å². The third kappa shape index (κ3) is 2.93. The average molecular weight is 266 g/mol. The number of carbonyl (C=O) groups is 1. The number of halogens is 3. The second kappa shape index (κ2) is 5.14. The Labute approximate surface area is 107 Å². The molecule has 0 radical (unpaired) electrons. The van der Waals surface area contributed by atoms with Crippen molar-refractivity contribution in [3.63, 3.8) is 0 Å². The molecule has 0 N–H and O–H groups in total. The SMILES string of the molecule is CC(=O)c1ccc(Oc2ccc(F)cc2F)c(F)c1. The van der Waals surface area contributed by atoms with Gasteiger partial charge in [0, 0.05) is 11.6 Å². The molecular formula is C14H9F3O2. The summed E-state index contributed by atoms with van der Waals surface area (Å²) in [5.74, 6) is -3.31. The van der Waals surface area contributed by atoms with E-state index in [-0.39, 0.29) is 22.8 Å². The molecule has 0 saturated carbocycles. The summed E-state index contributed by atoms with van der Waals surface area (Å²) in [4.78, 5) is 11.0. The standard InChI is InChI=1S/C14H9F3O2/c1-8(18)9-2-4-13(11(16)6-9)19-14-5-3-10(15)7-12(14)17/h2-7H,1H3. The molecule has 5 heteroatoms. The summed E-state index contributed by atoms with van der Waals surface area (Å²) in [7, 11) is 0. The highest BCUT2D eigenvalue weighted by Gasteiger charge is 2.11. The van der Waals surface area contributed by atoms with E-state index in [1.807, 2.05) is 0 Å². The van der Waals surface area contributed by atoms with Gasteiger partial charge in [0.25, 0.3) is 0 Å². The summed E-state index contributed by atoms with van der Waals surface area (Å²) in [5, 5.41) is 0. The minimum atomic E-state index is -0.935. The van der Waals surface area contributed by atoms with Crippen molar-refractivity contribution in [2.75, 3.05) is 0 Å². The summed E-state index contributed by atoms with van der Waals surface area (Å²) in [6.45, 7) is 1.30. The molecule has 0 unspecified atom stereocenters. The smallest absolute Gasteiger partial charge is 0.168 e. The van der Waals surface area contributed by atoms with Crippen LogP contribution in [0.2, 0.25) is 0 Å². The molecule has 0 atom stereocenters. The Bertz CT molecular complexity index is 639. The minimum absolute atomic E-state index is 0.185. The summed E-state index contributed by atoms with van der Waals surface area (Å²) < 4.78 is 44.7. The maximum Gasteiger partial charge on any atom is 0.168 e. The Kier molecular flexibility index (Phi) is 3.55. The van der Waals surface area contributed by atoms with Crippen LogP contribution >= 0.6 is 0 Å². The van der Waals surface area contributed by atoms with Gasteiger partial charge >= 0.3 is 0 Å². The lowest BCUT2D eigenvalue weighted by Crippen LogP contribution is -1.96. The van der Waals surface area contributed by atoms with E-state index in [1.165, 1.54) is 19.1 Å². The highest BCUT2D eigenvalue weighted by Crippen LogP contribution is 2.27. The first-order valence-electron chi connectivity index (χ1n) is 5.41. The van der Waals surface area contributed by atoms with Gasteiger partial charge in [0.2, 0.25) is 0 Å². The van der Waals surface area contributed by atoms with Gasteiger partial charge < -0.3 is 4.74 Å². The minimum Gasteiger partial charge on any atom is -0.451 e. The second-order valence-electron chi connectivity index (χ2n) is 3.88. The third-order valence-corrected chi connectivity index (χ3v) is 2.45. The number of hydrogen-bond donors (Lipinski definition) is 0. The summed E-state index contributed by atoms with van der Waals surface area (Å²) in [6, 6.07) is 6.27. The Balaban J connectivity index is 2.31. The summed E-state index contributed by atoms with van der Waals surface area (Å²) >= 11 is 0. The summed E-state index contributed by atoms with van der Waals surface area (Å²) in [5.41, 5.74) is 0.185. The molecule has 19 heavy (non-hydrogen) atoms. The molecule has 2 aromatic rings. The Morgan fingerprint density at radius 1 is 0.947 bits per heavy atom. The van der Waals surface area contributed by atoms with Crippen molar-refractivity contribution in [2.24, 2.45) is 0 Å². The largest absolute Gasteiger partial charge is 0.451 e. The predicted molar refractivity (Wildman–Crippen MR) is 62.8 cm³/mol. The lowest BCUT2D eigenvalue weighted by molar-refractivity contribution is 0.101. The van der Waals surface area contributed by atoms with Crippen LogP contribution in [0.1, 0.15) is 17.3 Å². The van der Waals surface area contributed by atoms with Crippen molar-refractivity contribution in [3.05, 3.63) is 59.4 Å². The molecule has 0 aliphatic rings. The molecular weight excluding hydrogens is 257 g/mol. The first-order chi connectivity index (χ1) is 8.97. The van der Waals surface area contributed by atoms with Crippen LogP contribution in [0.5, 0.6) is 11.5 Å². The van der Waals surface area contributed by atoms with Crippen LogP contribution in [-0.2, 0) is 0 Å². The van der Waals surface area contributed by atoms with Crippen molar-refractivity contribution in [1.82, 2.24) is 0 Å². The lowest BCUT2D eigenvalue weighted by atomic mass is 10.1. The molecule has 0 spiro atoms. The monoisotopic (exact) mass is 266 g/mol. The number of ketones is 1. The second-order valence-corrected chi connectivity index (χ2v) is 3.88. The summed E-state index contributed by atoms with van der Waals surface area (Å²) in [6.07, 6.45) is 0. The van der Waals surface area contributed by atoms with E-state index in [0.29, 0.717) is 6.07 Å². The van der Waals surface area contributed by atoms with Gasteiger partial charge in [0.1, 0.15) is 5.82 Å². The molecule has 2 aromatic carbocycles. The Hall–Kier alpha value is -2.30. The zero-order valence-corrected chi connectivity index (χ0v) is 9.91. The lowest BCUT2D eigenvalue weighted by Gasteiger charge is -2.08. The molecule has 0 bridgehead atoms. The van der Waals surface area contributed by atoms with Crippen LogP contribution in [0.25, 0.3) is 0 Å². The maximum atomic E-state index is 13.6. The number of ether oxygens (including phenoxy) is 1. The predicted octanol–water partition coefficient (Wildman–Crippen LogP) is 4.10. The van der Waals surface area contributed by atoms with Crippen molar-refractivity contribution in [3.8, 4) is 11.5 Å². The van der Waals surface area contributed by atoms with E-state index in [0.717, 1.165) is 18.2 Å². The normalized spacial score (nSPS) is 10.3. The fraction of sp³-hybridized carbons (Fsp3) is 0.0714. The van der Waals surface area contributed by atoms with E-state index in [1.54, 1.807) is 0 Å². The highest BCUT2D eigenvalue weighted by atomic mass is 19.1. The van der Waals surface area contributed by atoms with Gasteiger partial charge in [-0.05, 0) is 37.3 Å². The molecule has 0 aliphatic heterocycles. The van der Waals surface area contributed by atoms with E-state index in [2.05, 4.69) is 0 Å². The van der Waals surface area contributed by atoms with Crippen LogP contribution in [0.3, 0.4) is 0 Å². The van der Waals surface area contributed by atoms with Crippen molar-refractivity contribution in [1.29, 1.82) is 0 Å². The fourth-order valence-electron chi connectivity index (χ4n) is 1.48. The van der Waals surface area contributed by atoms with E-state index in [9.17, 15) is 18.0 Å². The zero-order chi connectivity index (χ0) is 14.0. The molecule has 0 aliphatic carbocycles. The van der Waals surface area contributed by atoms with Gasteiger partial charge in [-0.15, -0.1) is 0 Å². The van der Waals surface area contributed by atoms with Gasteiger partial charge in [-0.3, -0.25) is 4.79 Å². The van der Waals surface area contributed by atoms with Gasteiger partial charge in [-0.2, -0.15) is 0 Å². The number of rotatable bonds is 3. The molecule has 2 rings (SSSR count). The number of benzene rings is 2. The van der Waals surface area contributed by atoms with Crippen LogP contribution < -0.4 is 4.74 Å². The fourth-order valence-corrected chi connectivity index (χ4v) is 1.48. The average Bonchev–Trinajstić information content (AvgIpc) is 2.34. The number of Topliss-reactive ketones (excluding diaryl/α,β-unsaturated/α-hetero) is 1. The van der Waals surface area contributed by atoms with Crippen molar-refractivity contribution in [2.45, 2.75) is 6.92 Å². The Morgan fingerprint density at radius 3 is 2.05 bits per heavy atom. The molecule has 0 heterocycles. The maximum absolute atomic E-state index is 13.6. The zero-order valence-electron chi connectivity index (χ0n) is 9.91. The molecule has 0 amide bonds. The quantitative estimate of drug-likeness (QED) is 0.782. The topological polar surface area (TPSA) is 26.3 Å². The Morgan fingerprint density at radius 2 is 1.53 bits per heavy atom. The van der Waals surface area contributed by atoms with Crippen LogP contribution in [0, 0.1) is 17.5 Å². The third-order valence-electron chi connectivity index (χ3n) is 2.45. The van der Waals surface area contributed by atoms with Gasteiger partial charge in [-0.25, -0.2) is 13.2 Å². The van der Waals surface area contributed by atoms with Gasteiger partial charge in [0.05, 0.1) is 0 Å². The van der Waals surface area contributed by atoms with E-state index in [4.69, 9.17) is 4.74 Å². The van der Waals surface area contributed by atoms with Gasteiger partial charge in [0.15, 0.2) is 28.9 Å². The number of hydrogen-bond acceptors (Lipinski definition) is 2. The first-order valence-corrected chi connectivity index (χ1v) is 5.41. The van der Waals surface area contributed by atoms with Crippen LogP contribution in [-0.4, -0.2) is 5.78 Å². The van der Waals surface area contributed by atoms with Crippen molar-refractivity contribution >= 4 is 5.78 Å². The van der Waals surface area contributed by atoms with Crippen molar-refractivity contribution < 1.29 is 22.7 Å². The molecule has 98 valence electrons. The van der Waals surface area contributed by atoms with Crippen LogP contribution in [0.15, 0.2) is 36.4 Å². The molecule has 0 fully saturated rings. The highest BCUT2D eigenvalue weighted by molar-refractivity contribution is 5.94. The van der Waals surface area contributed by atoms with E-state index < -0.39 is 17.5 Å². The molecule has 0 aromatic heterocycles. The molecule has 2 nitrogen and oxygen atoms in total.